The quantitative estimate of drug-likeness (QED) is 0.744. The highest BCUT2D eigenvalue weighted by Gasteiger charge is 2.19. The van der Waals surface area contributed by atoms with Gasteiger partial charge in [-0.15, -0.1) is 0 Å². The fourth-order valence-corrected chi connectivity index (χ4v) is 1.63. The molecule has 1 aromatic rings. The maximum atomic E-state index is 5.65. The van der Waals surface area contributed by atoms with Crippen LogP contribution in [0.1, 0.15) is 12.5 Å². The third-order valence-corrected chi connectivity index (χ3v) is 2.42. The predicted molar refractivity (Wildman–Crippen MR) is 58.1 cm³/mol. The molecule has 0 amide bonds. The molecule has 80 valence electrons. The first-order valence-corrected chi connectivity index (χ1v) is 4.80. The van der Waals surface area contributed by atoms with E-state index in [1.165, 1.54) is 0 Å². The van der Waals surface area contributed by atoms with Crippen LogP contribution in [0.5, 0.6) is 11.5 Å². The van der Waals surface area contributed by atoms with Gasteiger partial charge in [-0.05, 0) is 36.8 Å². The summed E-state index contributed by atoms with van der Waals surface area (Å²) in [6, 6.07) is 5.72. The first-order valence-electron chi connectivity index (χ1n) is 4.80. The van der Waals surface area contributed by atoms with Gasteiger partial charge in [0, 0.05) is 12.7 Å². The van der Waals surface area contributed by atoms with Gasteiger partial charge in [0.05, 0.1) is 7.11 Å². The van der Waals surface area contributed by atoms with E-state index < -0.39 is 0 Å². The summed E-state index contributed by atoms with van der Waals surface area (Å²) in [5.74, 6) is 1.66. The van der Waals surface area contributed by atoms with E-state index in [2.05, 4.69) is 6.08 Å². The van der Waals surface area contributed by atoms with Gasteiger partial charge in [0.15, 0.2) is 0 Å². The number of methoxy groups -OCH3 is 2. The molecule has 3 heteroatoms. The average molecular weight is 206 g/mol. The van der Waals surface area contributed by atoms with E-state index in [-0.39, 0.29) is 6.29 Å². The van der Waals surface area contributed by atoms with Crippen molar-refractivity contribution in [1.82, 2.24) is 0 Å². The van der Waals surface area contributed by atoms with Gasteiger partial charge in [-0.3, -0.25) is 0 Å². The lowest BCUT2D eigenvalue weighted by Crippen LogP contribution is -2.23. The average Bonchev–Trinajstić information content (AvgIpc) is 2.27. The molecule has 2 rings (SSSR count). The summed E-state index contributed by atoms with van der Waals surface area (Å²) in [5, 5.41) is 0. The lowest BCUT2D eigenvalue weighted by molar-refractivity contribution is -0.0259. The molecule has 0 saturated carbocycles. The Kier molecular flexibility index (Phi) is 2.64. The van der Waals surface area contributed by atoms with Crippen molar-refractivity contribution < 1.29 is 14.2 Å². The number of rotatable bonds is 2. The van der Waals surface area contributed by atoms with Crippen LogP contribution in [0.3, 0.4) is 0 Å². The van der Waals surface area contributed by atoms with Gasteiger partial charge in [0.25, 0.3) is 0 Å². The minimum atomic E-state index is -0.272. The number of hydrogen-bond acceptors (Lipinski definition) is 3. The van der Waals surface area contributed by atoms with Crippen molar-refractivity contribution >= 4 is 6.08 Å². The highest BCUT2D eigenvalue weighted by molar-refractivity contribution is 5.64. The lowest BCUT2D eigenvalue weighted by atomic mass is 10.1. The Morgan fingerprint density at radius 1 is 1.27 bits per heavy atom. The van der Waals surface area contributed by atoms with Crippen LogP contribution in [0.4, 0.5) is 0 Å². The number of fused-ring (bicyclic) bond motifs is 1. The molecule has 0 aliphatic carbocycles. The second-order valence-corrected chi connectivity index (χ2v) is 3.48. The molecule has 1 aliphatic heterocycles. The van der Waals surface area contributed by atoms with Crippen molar-refractivity contribution in [1.29, 1.82) is 0 Å². The maximum Gasteiger partial charge on any atom is 0.222 e. The number of benzene rings is 1. The van der Waals surface area contributed by atoms with Crippen molar-refractivity contribution in [3.8, 4) is 11.5 Å². The van der Waals surface area contributed by atoms with Crippen LogP contribution in [0.15, 0.2) is 23.8 Å². The van der Waals surface area contributed by atoms with E-state index >= 15 is 0 Å². The van der Waals surface area contributed by atoms with Crippen LogP contribution in [0.2, 0.25) is 0 Å². The van der Waals surface area contributed by atoms with Crippen LogP contribution < -0.4 is 9.47 Å². The van der Waals surface area contributed by atoms with Crippen molar-refractivity contribution in [2.24, 2.45) is 0 Å². The summed E-state index contributed by atoms with van der Waals surface area (Å²) in [5.41, 5.74) is 2.08. The highest BCUT2D eigenvalue weighted by atomic mass is 16.7. The Morgan fingerprint density at radius 2 is 2.07 bits per heavy atom. The van der Waals surface area contributed by atoms with E-state index in [1.54, 1.807) is 14.2 Å². The first-order chi connectivity index (χ1) is 7.24. The van der Waals surface area contributed by atoms with Gasteiger partial charge in [0.1, 0.15) is 11.5 Å². The topological polar surface area (TPSA) is 27.7 Å². The summed E-state index contributed by atoms with van der Waals surface area (Å²) in [6.45, 7) is 1.98. The van der Waals surface area contributed by atoms with Crippen molar-refractivity contribution in [2.75, 3.05) is 14.2 Å². The maximum absolute atomic E-state index is 5.65. The molecular weight excluding hydrogens is 192 g/mol. The van der Waals surface area contributed by atoms with Gasteiger partial charge < -0.3 is 14.2 Å². The molecule has 15 heavy (non-hydrogen) atoms. The van der Waals surface area contributed by atoms with E-state index in [0.29, 0.717) is 0 Å². The fraction of sp³-hybridized carbons (Fsp3) is 0.333. The second kappa shape index (κ2) is 3.95. The van der Waals surface area contributed by atoms with Crippen LogP contribution in [0.25, 0.3) is 6.08 Å². The molecule has 0 radical (unpaired) electrons. The lowest BCUT2D eigenvalue weighted by Gasteiger charge is -2.24. The Bertz CT molecular complexity index is 396. The molecular formula is C12H14O3. The summed E-state index contributed by atoms with van der Waals surface area (Å²) in [6.07, 6.45) is 1.78. The molecule has 0 spiro atoms. The molecule has 0 fully saturated rings. The zero-order chi connectivity index (χ0) is 10.8. The van der Waals surface area contributed by atoms with Crippen LogP contribution in [0, 0.1) is 0 Å². The van der Waals surface area contributed by atoms with E-state index in [4.69, 9.17) is 14.2 Å². The van der Waals surface area contributed by atoms with E-state index in [1.807, 2.05) is 25.1 Å². The van der Waals surface area contributed by atoms with Crippen molar-refractivity contribution in [2.45, 2.75) is 13.2 Å². The summed E-state index contributed by atoms with van der Waals surface area (Å²) < 4.78 is 16.0. The van der Waals surface area contributed by atoms with Gasteiger partial charge in [-0.25, -0.2) is 0 Å². The molecule has 0 saturated heterocycles. The largest absolute Gasteiger partial charge is 0.497 e. The van der Waals surface area contributed by atoms with Gasteiger partial charge in [0.2, 0.25) is 6.29 Å². The first kappa shape index (κ1) is 10.1. The second-order valence-electron chi connectivity index (χ2n) is 3.48. The molecule has 3 nitrogen and oxygen atoms in total. The third-order valence-electron chi connectivity index (χ3n) is 2.42. The monoisotopic (exact) mass is 206 g/mol. The van der Waals surface area contributed by atoms with Crippen molar-refractivity contribution in [3.63, 3.8) is 0 Å². The number of hydrogen-bond donors (Lipinski definition) is 0. The Labute approximate surface area is 89.3 Å². The Hall–Kier alpha value is -1.48. The van der Waals surface area contributed by atoms with Crippen molar-refractivity contribution in [3.05, 3.63) is 29.3 Å². The molecule has 0 aromatic heterocycles. The Balaban J connectivity index is 2.39. The number of ether oxygens (including phenoxy) is 3. The minimum Gasteiger partial charge on any atom is -0.497 e. The third kappa shape index (κ3) is 1.83. The van der Waals surface area contributed by atoms with Gasteiger partial charge >= 0.3 is 0 Å². The highest BCUT2D eigenvalue weighted by Crippen LogP contribution is 2.32. The predicted octanol–water partition coefficient (Wildman–Crippen LogP) is 2.46. The Morgan fingerprint density at radius 3 is 2.73 bits per heavy atom. The molecule has 1 aliphatic rings. The molecule has 1 atom stereocenters. The van der Waals surface area contributed by atoms with Crippen LogP contribution >= 0.6 is 0 Å². The van der Waals surface area contributed by atoms with Crippen LogP contribution in [-0.2, 0) is 4.74 Å². The van der Waals surface area contributed by atoms with E-state index in [0.717, 1.165) is 22.6 Å². The summed E-state index contributed by atoms with van der Waals surface area (Å²) in [4.78, 5) is 0. The molecule has 1 aromatic carbocycles. The smallest absolute Gasteiger partial charge is 0.222 e. The SMILES string of the molecule is COc1ccc2c(c1)C=C(C)C(OC)O2. The normalized spacial score (nSPS) is 18.9. The van der Waals surface area contributed by atoms with E-state index in [9.17, 15) is 0 Å². The zero-order valence-corrected chi connectivity index (χ0v) is 9.11. The molecule has 0 bridgehead atoms. The molecule has 1 unspecified atom stereocenters. The zero-order valence-electron chi connectivity index (χ0n) is 9.11. The minimum absolute atomic E-state index is 0.272. The fourth-order valence-electron chi connectivity index (χ4n) is 1.63. The van der Waals surface area contributed by atoms with Crippen LogP contribution in [-0.4, -0.2) is 20.5 Å². The van der Waals surface area contributed by atoms with Gasteiger partial charge in [-0.1, -0.05) is 0 Å². The standard InChI is InChI=1S/C12H14O3/c1-8-6-9-7-10(13-2)4-5-11(9)15-12(8)14-3/h4-7,12H,1-3H3. The summed E-state index contributed by atoms with van der Waals surface area (Å²) >= 11 is 0. The summed E-state index contributed by atoms with van der Waals surface area (Å²) in [7, 11) is 3.29. The molecule has 1 heterocycles. The molecule has 0 N–H and O–H groups in total. The van der Waals surface area contributed by atoms with Gasteiger partial charge in [-0.2, -0.15) is 0 Å².